The molecule has 3 fully saturated rings. The molecule has 1 aliphatic carbocycles. The zero-order valence-corrected chi connectivity index (χ0v) is 9.32. The molecule has 0 aromatic heterocycles. The van der Waals surface area contributed by atoms with Crippen molar-refractivity contribution in [1.29, 1.82) is 0 Å². The Morgan fingerprint density at radius 1 is 1.20 bits per heavy atom. The topological polar surface area (TPSA) is 32.7 Å². The van der Waals surface area contributed by atoms with E-state index in [-0.39, 0.29) is 5.41 Å². The van der Waals surface area contributed by atoms with Gasteiger partial charge in [0.15, 0.2) is 0 Å². The number of ether oxygens (including phenoxy) is 1. The van der Waals surface area contributed by atoms with Gasteiger partial charge in [-0.2, -0.15) is 0 Å². The summed E-state index contributed by atoms with van der Waals surface area (Å²) in [5.41, 5.74) is 0.0820. The van der Waals surface area contributed by atoms with Gasteiger partial charge in [-0.05, 0) is 24.7 Å². The number of nitrogens with zero attached hydrogens (tertiary/aromatic N) is 1. The molecule has 2 heterocycles. The molecule has 0 radical (unpaired) electrons. The number of rotatable bonds is 3. The molecule has 2 unspecified atom stereocenters. The molecule has 3 aliphatic rings. The monoisotopic (exact) mass is 211 g/mol. The van der Waals surface area contributed by atoms with E-state index in [2.05, 4.69) is 4.90 Å². The fraction of sp³-hybridized carbons (Fsp3) is 1.00. The highest BCUT2D eigenvalue weighted by atomic mass is 16.5. The smallest absolute Gasteiger partial charge is 0.0579 e. The molecule has 2 saturated heterocycles. The van der Waals surface area contributed by atoms with E-state index < -0.39 is 0 Å². The molecule has 15 heavy (non-hydrogen) atoms. The fourth-order valence-electron chi connectivity index (χ4n) is 3.56. The summed E-state index contributed by atoms with van der Waals surface area (Å²) in [6.07, 6.45) is 4.31. The van der Waals surface area contributed by atoms with Crippen molar-refractivity contribution < 1.29 is 9.84 Å². The third kappa shape index (κ3) is 1.71. The highest BCUT2D eigenvalue weighted by Crippen LogP contribution is 2.39. The van der Waals surface area contributed by atoms with Crippen molar-refractivity contribution in [2.24, 2.45) is 17.3 Å². The van der Waals surface area contributed by atoms with Crippen LogP contribution in [0.2, 0.25) is 0 Å². The first-order chi connectivity index (χ1) is 7.31. The van der Waals surface area contributed by atoms with E-state index in [1.807, 2.05) is 0 Å². The Hall–Kier alpha value is -0.120. The quantitative estimate of drug-likeness (QED) is 0.747. The number of hydrogen-bond acceptors (Lipinski definition) is 3. The van der Waals surface area contributed by atoms with Crippen LogP contribution in [0.1, 0.15) is 19.3 Å². The molecule has 1 saturated carbocycles. The molecule has 86 valence electrons. The van der Waals surface area contributed by atoms with Crippen LogP contribution in [0.3, 0.4) is 0 Å². The lowest BCUT2D eigenvalue weighted by Crippen LogP contribution is -2.53. The molecule has 3 heteroatoms. The molecule has 0 aromatic rings. The lowest BCUT2D eigenvalue weighted by Gasteiger charge is -2.42. The van der Waals surface area contributed by atoms with Gasteiger partial charge in [-0.25, -0.2) is 0 Å². The molecule has 1 N–H and O–H groups in total. The summed E-state index contributed by atoms with van der Waals surface area (Å²) < 4.78 is 5.25. The van der Waals surface area contributed by atoms with Gasteiger partial charge in [0, 0.05) is 19.6 Å². The van der Waals surface area contributed by atoms with Crippen molar-refractivity contribution in [2.75, 3.05) is 39.5 Å². The van der Waals surface area contributed by atoms with E-state index in [0.29, 0.717) is 6.61 Å². The van der Waals surface area contributed by atoms with Gasteiger partial charge < -0.3 is 14.7 Å². The van der Waals surface area contributed by atoms with E-state index >= 15 is 0 Å². The van der Waals surface area contributed by atoms with Crippen LogP contribution in [-0.2, 0) is 4.74 Å². The van der Waals surface area contributed by atoms with Crippen molar-refractivity contribution >= 4 is 0 Å². The molecular formula is C12H21NO2. The van der Waals surface area contributed by atoms with Gasteiger partial charge in [0.2, 0.25) is 0 Å². The van der Waals surface area contributed by atoms with E-state index in [0.717, 1.165) is 31.6 Å². The van der Waals surface area contributed by atoms with Crippen LogP contribution in [0, 0.1) is 17.3 Å². The molecule has 0 bridgehead atoms. The standard InChI is InChI=1S/C12H21NO2/c14-7-12(8-15-9-12)6-13-4-10-2-1-3-11(10)5-13/h10-11,14H,1-9H2. The first kappa shape index (κ1) is 10.1. The first-order valence-electron chi connectivity index (χ1n) is 6.22. The lowest BCUT2D eigenvalue weighted by molar-refractivity contribution is -0.147. The van der Waals surface area contributed by atoms with Gasteiger partial charge in [0.25, 0.3) is 0 Å². The molecule has 2 atom stereocenters. The highest BCUT2D eigenvalue weighted by molar-refractivity contribution is 4.94. The van der Waals surface area contributed by atoms with Crippen LogP contribution < -0.4 is 0 Å². The summed E-state index contributed by atoms with van der Waals surface area (Å²) in [5, 5.41) is 9.39. The van der Waals surface area contributed by atoms with Crippen LogP contribution >= 0.6 is 0 Å². The maximum atomic E-state index is 9.39. The van der Waals surface area contributed by atoms with Crippen molar-refractivity contribution in [1.82, 2.24) is 4.90 Å². The van der Waals surface area contributed by atoms with Gasteiger partial charge in [-0.1, -0.05) is 6.42 Å². The minimum atomic E-state index is 0.0820. The Bertz CT molecular complexity index is 222. The maximum absolute atomic E-state index is 9.39. The fourth-order valence-corrected chi connectivity index (χ4v) is 3.56. The Balaban J connectivity index is 1.56. The Morgan fingerprint density at radius 3 is 2.33 bits per heavy atom. The minimum absolute atomic E-state index is 0.0820. The van der Waals surface area contributed by atoms with Crippen molar-refractivity contribution in [3.8, 4) is 0 Å². The largest absolute Gasteiger partial charge is 0.396 e. The third-order valence-corrected chi connectivity index (χ3v) is 4.51. The predicted octanol–water partition coefficient (Wildman–Crippen LogP) is 0.727. The summed E-state index contributed by atoms with van der Waals surface area (Å²) in [6, 6.07) is 0. The summed E-state index contributed by atoms with van der Waals surface area (Å²) in [6.45, 7) is 5.40. The van der Waals surface area contributed by atoms with Gasteiger partial charge in [0.1, 0.15) is 0 Å². The summed E-state index contributed by atoms with van der Waals surface area (Å²) in [7, 11) is 0. The average molecular weight is 211 g/mol. The molecule has 3 rings (SSSR count). The summed E-state index contributed by atoms with van der Waals surface area (Å²) in [5.74, 6) is 1.92. The van der Waals surface area contributed by atoms with Crippen molar-refractivity contribution in [2.45, 2.75) is 19.3 Å². The maximum Gasteiger partial charge on any atom is 0.0579 e. The molecule has 0 aromatic carbocycles. The average Bonchev–Trinajstić information content (AvgIpc) is 2.70. The SMILES string of the molecule is OCC1(CN2CC3CCCC3C2)COC1. The van der Waals surface area contributed by atoms with Gasteiger partial charge in [-0.3, -0.25) is 0 Å². The second-order valence-corrected chi connectivity index (χ2v) is 5.80. The zero-order valence-electron chi connectivity index (χ0n) is 9.32. The number of aliphatic hydroxyl groups is 1. The number of fused-ring (bicyclic) bond motifs is 1. The van der Waals surface area contributed by atoms with Crippen LogP contribution in [0.25, 0.3) is 0 Å². The van der Waals surface area contributed by atoms with E-state index in [9.17, 15) is 5.11 Å². The predicted molar refractivity (Wildman–Crippen MR) is 57.6 cm³/mol. The van der Waals surface area contributed by atoms with E-state index in [1.54, 1.807) is 0 Å². The van der Waals surface area contributed by atoms with Crippen LogP contribution in [-0.4, -0.2) is 49.5 Å². The second kappa shape index (κ2) is 3.72. The zero-order chi connectivity index (χ0) is 10.3. The van der Waals surface area contributed by atoms with Gasteiger partial charge in [-0.15, -0.1) is 0 Å². The molecule has 3 nitrogen and oxygen atoms in total. The summed E-state index contributed by atoms with van der Waals surface area (Å²) in [4.78, 5) is 2.56. The van der Waals surface area contributed by atoms with Crippen molar-refractivity contribution in [3.05, 3.63) is 0 Å². The van der Waals surface area contributed by atoms with Crippen LogP contribution in [0.15, 0.2) is 0 Å². The lowest BCUT2D eigenvalue weighted by atomic mass is 9.86. The highest BCUT2D eigenvalue weighted by Gasteiger charge is 2.43. The van der Waals surface area contributed by atoms with Gasteiger partial charge >= 0.3 is 0 Å². The number of likely N-dealkylation sites (tertiary alicyclic amines) is 1. The molecular weight excluding hydrogens is 190 g/mol. The minimum Gasteiger partial charge on any atom is -0.396 e. The first-order valence-corrected chi connectivity index (χ1v) is 6.22. The van der Waals surface area contributed by atoms with Crippen LogP contribution in [0.5, 0.6) is 0 Å². The normalized spacial score (nSPS) is 39.0. The molecule has 0 amide bonds. The Kier molecular flexibility index (Phi) is 2.49. The number of hydrogen-bond donors (Lipinski definition) is 1. The van der Waals surface area contributed by atoms with E-state index in [4.69, 9.17) is 4.74 Å². The Morgan fingerprint density at radius 2 is 1.87 bits per heavy atom. The molecule has 0 spiro atoms. The second-order valence-electron chi connectivity index (χ2n) is 5.80. The van der Waals surface area contributed by atoms with E-state index in [1.165, 1.54) is 32.4 Å². The summed E-state index contributed by atoms with van der Waals surface area (Å²) >= 11 is 0. The van der Waals surface area contributed by atoms with Crippen LogP contribution in [0.4, 0.5) is 0 Å². The Labute approximate surface area is 91.4 Å². The van der Waals surface area contributed by atoms with Crippen molar-refractivity contribution in [3.63, 3.8) is 0 Å². The van der Waals surface area contributed by atoms with Gasteiger partial charge in [0.05, 0.1) is 25.2 Å². The number of aliphatic hydroxyl groups excluding tert-OH is 1. The molecule has 2 aliphatic heterocycles. The third-order valence-electron chi connectivity index (χ3n) is 4.51.